The molecule has 0 amide bonds. The minimum absolute atomic E-state index is 0.354. The molecule has 2 aromatic carbocycles. The Labute approximate surface area is 104 Å². The Balaban J connectivity index is 2.53. The lowest BCUT2D eigenvalue weighted by atomic mass is 10.0. The Bertz CT molecular complexity index is 468. The fourth-order valence-corrected chi connectivity index (χ4v) is 3.25. The Hall–Kier alpha value is -1.05. The van der Waals surface area contributed by atoms with E-state index >= 15 is 0 Å². The van der Waals surface area contributed by atoms with Crippen molar-refractivity contribution in [3.8, 4) is 11.1 Å². The first-order chi connectivity index (χ1) is 7.72. The third-order valence-electron chi connectivity index (χ3n) is 2.73. The second kappa shape index (κ2) is 4.85. The molecule has 0 nitrogen and oxygen atoms in total. The first-order valence-corrected chi connectivity index (χ1v) is 7.27. The molecule has 0 aromatic heterocycles. The standard InChI is InChI=1S/C14H13ClSi/c1-10-8-13(9-11(2)14(10)16-15)12-6-4-3-5-7-12/h3-9H,1-2H3. The lowest BCUT2D eigenvalue weighted by molar-refractivity contribution is 1.43. The summed E-state index contributed by atoms with van der Waals surface area (Å²) in [4.78, 5) is 0. The molecule has 2 rings (SSSR count). The van der Waals surface area contributed by atoms with E-state index in [2.05, 4.69) is 50.2 Å². The van der Waals surface area contributed by atoms with Crippen LogP contribution in [0.5, 0.6) is 0 Å². The van der Waals surface area contributed by atoms with Crippen molar-refractivity contribution in [2.75, 3.05) is 0 Å². The zero-order valence-electron chi connectivity index (χ0n) is 9.42. The average molecular weight is 245 g/mol. The molecule has 0 heterocycles. The Kier molecular flexibility index (Phi) is 3.47. The maximum Gasteiger partial charge on any atom is 0.210 e. The summed E-state index contributed by atoms with van der Waals surface area (Å²) >= 11 is 5.96. The molecular formula is C14H13ClSi. The van der Waals surface area contributed by atoms with Gasteiger partial charge in [-0.25, -0.2) is 0 Å². The van der Waals surface area contributed by atoms with E-state index in [-0.39, 0.29) is 0 Å². The van der Waals surface area contributed by atoms with Crippen LogP contribution in [0.2, 0.25) is 0 Å². The lowest BCUT2D eigenvalue weighted by Crippen LogP contribution is -2.16. The van der Waals surface area contributed by atoms with Crippen molar-refractivity contribution in [3.63, 3.8) is 0 Å². The normalized spacial score (nSPS) is 10.4. The van der Waals surface area contributed by atoms with Gasteiger partial charge in [0.15, 0.2) is 0 Å². The minimum Gasteiger partial charge on any atom is -0.165 e. The zero-order chi connectivity index (χ0) is 11.5. The SMILES string of the molecule is Cc1cc(-c2ccccc2)cc(C)c1[Si]Cl. The first-order valence-electron chi connectivity index (χ1n) is 5.25. The van der Waals surface area contributed by atoms with E-state index < -0.39 is 0 Å². The predicted molar refractivity (Wildman–Crippen MR) is 72.6 cm³/mol. The van der Waals surface area contributed by atoms with Crippen LogP contribution in [0.25, 0.3) is 11.1 Å². The minimum atomic E-state index is 0.354. The molecule has 16 heavy (non-hydrogen) atoms. The summed E-state index contributed by atoms with van der Waals surface area (Å²) in [5, 5.41) is 1.28. The van der Waals surface area contributed by atoms with Crippen LogP contribution in [0.1, 0.15) is 11.1 Å². The van der Waals surface area contributed by atoms with E-state index in [1.807, 2.05) is 6.07 Å². The van der Waals surface area contributed by atoms with Gasteiger partial charge in [0.05, 0.1) is 0 Å². The van der Waals surface area contributed by atoms with Crippen molar-refractivity contribution >= 4 is 25.1 Å². The molecule has 0 bridgehead atoms. The van der Waals surface area contributed by atoms with E-state index in [9.17, 15) is 0 Å². The lowest BCUT2D eigenvalue weighted by Gasteiger charge is -2.10. The van der Waals surface area contributed by atoms with Gasteiger partial charge < -0.3 is 0 Å². The van der Waals surface area contributed by atoms with Gasteiger partial charge in [0.1, 0.15) is 0 Å². The molecule has 0 spiro atoms. The molecule has 0 atom stereocenters. The van der Waals surface area contributed by atoms with Crippen molar-refractivity contribution in [3.05, 3.63) is 53.6 Å². The van der Waals surface area contributed by atoms with E-state index in [4.69, 9.17) is 11.1 Å². The average Bonchev–Trinajstić information content (AvgIpc) is 2.30. The largest absolute Gasteiger partial charge is 0.210 e. The zero-order valence-corrected chi connectivity index (χ0v) is 11.2. The molecule has 2 heteroatoms. The van der Waals surface area contributed by atoms with Gasteiger partial charge in [-0.15, -0.1) is 0 Å². The first kappa shape index (κ1) is 11.4. The van der Waals surface area contributed by atoms with Gasteiger partial charge in [-0.3, -0.25) is 0 Å². The van der Waals surface area contributed by atoms with Gasteiger partial charge in [0.2, 0.25) is 8.83 Å². The Morgan fingerprint density at radius 1 is 0.875 bits per heavy atom. The molecule has 0 aliphatic rings. The highest BCUT2D eigenvalue weighted by atomic mass is 35.6. The summed E-state index contributed by atoms with van der Waals surface area (Å²) in [6, 6.07) is 14.9. The Morgan fingerprint density at radius 3 is 1.94 bits per heavy atom. The van der Waals surface area contributed by atoms with Crippen molar-refractivity contribution in [1.29, 1.82) is 0 Å². The molecule has 0 fully saturated rings. The fourth-order valence-electron chi connectivity index (χ4n) is 1.91. The molecule has 0 aliphatic heterocycles. The molecule has 2 radical (unpaired) electrons. The molecule has 2 aromatic rings. The number of hydrogen-bond donors (Lipinski definition) is 0. The molecule has 0 aliphatic carbocycles. The second-order valence-electron chi connectivity index (χ2n) is 3.95. The number of hydrogen-bond acceptors (Lipinski definition) is 0. The third kappa shape index (κ3) is 2.21. The summed E-state index contributed by atoms with van der Waals surface area (Å²) < 4.78 is 0. The highest BCUT2D eigenvalue weighted by Gasteiger charge is 2.06. The Morgan fingerprint density at radius 2 is 1.44 bits per heavy atom. The van der Waals surface area contributed by atoms with Gasteiger partial charge in [-0.05, 0) is 30.2 Å². The number of rotatable bonds is 2. The van der Waals surface area contributed by atoms with Crippen molar-refractivity contribution in [2.24, 2.45) is 0 Å². The van der Waals surface area contributed by atoms with E-state index in [1.54, 1.807) is 0 Å². The number of aryl methyl sites for hydroxylation is 2. The molecule has 0 saturated carbocycles. The quantitative estimate of drug-likeness (QED) is 0.561. The second-order valence-corrected chi connectivity index (χ2v) is 5.20. The van der Waals surface area contributed by atoms with Crippen LogP contribution in [0.3, 0.4) is 0 Å². The van der Waals surface area contributed by atoms with Crippen LogP contribution in [-0.4, -0.2) is 8.83 Å². The van der Waals surface area contributed by atoms with Crippen molar-refractivity contribution in [1.82, 2.24) is 0 Å². The highest BCUT2D eigenvalue weighted by Crippen LogP contribution is 2.20. The van der Waals surface area contributed by atoms with Gasteiger partial charge >= 0.3 is 0 Å². The van der Waals surface area contributed by atoms with Gasteiger partial charge in [-0.1, -0.05) is 53.6 Å². The summed E-state index contributed by atoms with van der Waals surface area (Å²) in [6.45, 7) is 4.26. The van der Waals surface area contributed by atoms with Crippen molar-refractivity contribution < 1.29 is 0 Å². The topological polar surface area (TPSA) is 0 Å². The summed E-state index contributed by atoms with van der Waals surface area (Å²) in [6.07, 6.45) is 0. The highest BCUT2D eigenvalue weighted by molar-refractivity contribution is 7.01. The fraction of sp³-hybridized carbons (Fsp3) is 0.143. The van der Waals surface area contributed by atoms with Crippen LogP contribution < -0.4 is 5.19 Å². The monoisotopic (exact) mass is 244 g/mol. The van der Waals surface area contributed by atoms with E-state index in [0.717, 1.165) is 0 Å². The predicted octanol–water partition coefficient (Wildman–Crippen LogP) is 3.45. The summed E-state index contributed by atoms with van der Waals surface area (Å²) in [5.74, 6) is 0. The molecule has 0 N–H and O–H groups in total. The van der Waals surface area contributed by atoms with E-state index in [1.165, 1.54) is 27.4 Å². The van der Waals surface area contributed by atoms with E-state index in [0.29, 0.717) is 8.83 Å². The van der Waals surface area contributed by atoms with Crippen LogP contribution in [0.4, 0.5) is 0 Å². The van der Waals surface area contributed by atoms with Gasteiger partial charge in [0, 0.05) is 0 Å². The number of benzene rings is 2. The van der Waals surface area contributed by atoms with Crippen LogP contribution in [-0.2, 0) is 0 Å². The smallest absolute Gasteiger partial charge is 0.165 e. The van der Waals surface area contributed by atoms with Gasteiger partial charge in [0.25, 0.3) is 0 Å². The summed E-state index contributed by atoms with van der Waals surface area (Å²) in [5.41, 5.74) is 5.10. The molecule has 0 saturated heterocycles. The van der Waals surface area contributed by atoms with Crippen LogP contribution in [0.15, 0.2) is 42.5 Å². The van der Waals surface area contributed by atoms with Crippen LogP contribution in [0, 0.1) is 13.8 Å². The number of halogens is 1. The third-order valence-corrected chi connectivity index (χ3v) is 4.28. The van der Waals surface area contributed by atoms with Crippen LogP contribution >= 0.6 is 11.1 Å². The van der Waals surface area contributed by atoms with Crippen molar-refractivity contribution in [2.45, 2.75) is 13.8 Å². The summed E-state index contributed by atoms with van der Waals surface area (Å²) in [7, 11) is 0.354. The van der Waals surface area contributed by atoms with Gasteiger partial charge in [-0.2, -0.15) is 11.1 Å². The molecule has 80 valence electrons. The maximum absolute atomic E-state index is 5.96. The molecular weight excluding hydrogens is 232 g/mol. The maximum atomic E-state index is 5.96. The molecule has 0 unspecified atom stereocenters.